The molecule has 1 saturated heterocycles. The minimum atomic E-state index is -0.309. The predicted molar refractivity (Wildman–Crippen MR) is 92.9 cm³/mol. The molecule has 1 aromatic carbocycles. The van der Waals surface area contributed by atoms with Gasteiger partial charge in [0.15, 0.2) is 4.80 Å². The predicted octanol–water partition coefficient (Wildman–Crippen LogP) is 2.85. The summed E-state index contributed by atoms with van der Waals surface area (Å²) in [6.45, 7) is 1.19. The summed E-state index contributed by atoms with van der Waals surface area (Å²) in [6, 6.07) is 7.58. The van der Waals surface area contributed by atoms with Crippen molar-refractivity contribution in [1.82, 2.24) is 9.47 Å². The van der Waals surface area contributed by atoms with Crippen molar-refractivity contribution in [3.63, 3.8) is 0 Å². The maximum absolute atomic E-state index is 12.1. The van der Waals surface area contributed by atoms with E-state index in [9.17, 15) is 9.59 Å². The molecule has 0 radical (unpaired) electrons. The number of halogens is 1. The number of hydrogen-bond acceptors (Lipinski definition) is 4. The van der Waals surface area contributed by atoms with Crippen LogP contribution in [0.1, 0.15) is 5.56 Å². The second-order valence-electron chi connectivity index (χ2n) is 4.95. The molecular weight excluding hydrogens is 354 g/mol. The van der Waals surface area contributed by atoms with Crippen molar-refractivity contribution in [2.75, 3.05) is 18.8 Å². The molecule has 1 aliphatic heterocycles. The lowest BCUT2D eigenvalue weighted by Gasteiger charge is -2.10. The molecule has 8 heteroatoms. The summed E-state index contributed by atoms with van der Waals surface area (Å²) in [5.74, 6) is 0.425. The first-order valence-corrected chi connectivity index (χ1v) is 9.24. The van der Waals surface area contributed by atoms with E-state index in [1.54, 1.807) is 0 Å². The molecule has 5 nitrogen and oxygen atoms in total. The van der Waals surface area contributed by atoms with Crippen molar-refractivity contribution in [1.29, 1.82) is 0 Å². The van der Waals surface area contributed by atoms with Crippen LogP contribution >= 0.6 is 34.7 Å². The fraction of sp³-hybridized carbons (Fsp3) is 0.267. The van der Waals surface area contributed by atoms with E-state index in [2.05, 4.69) is 4.99 Å². The third-order valence-electron chi connectivity index (χ3n) is 3.35. The Bertz CT molecular complexity index is 800. The SMILES string of the molecule is O=C(CN1CCSC1=O)N=c1sccn1Cc1ccccc1Cl. The largest absolute Gasteiger partial charge is 0.323 e. The molecule has 0 unspecified atom stereocenters. The molecule has 0 N–H and O–H groups in total. The normalized spacial score (nSPS) is 15.4. The number of amides is 2. The fourth-order valence-electron chi connectivity index (χ4n) is 2.19. The van der Waals surface area contributed by atoms with Crippen molar-refractivity contribution >= 4 is 45.8 Å². The molecule has 120 valence electrons. The van der Waals surface area contributed by atoms with E-state index >= 15 is 0 Å². The number of nitrogens with zero attached hydrogens (tertiary/aromatic N) is 3. The summed E-state index contributed by atoms with van der Waals surface area (Å²) < 4.78 is 1.88. The van der Waals surface area contributed by atoms with Gasteiger partial charge in [-0.3, -0.25) is 9.59 Å². The summed E-state index contributed by atoms with van der Waals surface area (Å²) in [4.78, 5) is 29.9. The number of hydrogen-bond donors (Lipinski definition) is 0. The van der Waals surface area contributed by atoms with E-state index in [0.717, 1.165) is 11.3 Å². The van der Waals surface area contributed by atoms with Gasteiger partial charge < -0.3 is 9.47 Å². The first kappa shape index (κ1) is 16.3. The van der Waals surface area contributed by atoms with Crippen LogP contribution in [-0.4, -0.2) is 39.5 Å². The lowest BCUT2D eigenvalue weighted by atomic mass is 10.2. The molecule has 0 saturated carbocycles. The highest BCUT2D eigenvalue weighted by atomic mass is 35.5. The van der Waals surface area contributed by atoms with E-state index in [-0.39, 0.29) is 17.7 Å². The van der Waals surface area contributed by atoms with E-state index in [0.29, 0.717) is 22.9 Å². The van der Waals surface area contributed by atoms with Crippen molar-refractivity contribution in [2.45, 2.75) is 6.54 Å². The molecule has 0 bridgehead atoms. The fourth-order valence-corrected chi connectivity index (χ4v) is 3.96. The van der Waals surface area contributed by atoms with Crippen molar-refractivity contribution in [3.8, 4) is 0 Å². The minimum Gasteiger partial charge on any atom is -0.323 e. The molecule has 0 atom stereocenters. The van der Waals surface area contributed by atoms with Gasteiger partial charge in [0.1, 0.15) is 6.54 Å². The number of benzene rings is 1. The van der Waals surface area contributed by atoms with Gasteiger partial charge in [-0.05, 0) is 11.6 Å². The highest BCUT2D eigenvalue weighted by Gasteiger charge is 2.23. The van der Waals surface area contributed by atoms with Gasteiger partial charge in [-0.15, -0.1) is 11.3 Å². The Labute approximate surface area is 146 Å². The molecule has 3 rings (SSSR count). The third kappa shape index (κ3) is 4.04. The van der Waals surface area contributed by atoms with Crippen LogP contribution in [0, 0.1) is 0 Å². The second-order valence-corrected chi connectivity index (χ2v) is 7.27. The maximum atomic E-state index is 12.1. The zero-order chi connectivity index (χ0) is 16.2. The van der Waals surface area contributed by atoms with Gasteiger partial charge in [0, 0.05) is 28.9 Å². The Morgan fingerprint density at radius 1 is 1.35 bits per heavy atom. The summed E-state index contributed by atoms with van der Waals surface area (Å²) >= 11 is 8.80. The van der Waals surface area contributed by atoms with Gasteiger partial charge >= 0.3 is 0 Å². The lowest BCUT2D eigenvalue weighted by molar-refractivity contribution is -0.118. The number of rotatable bonds is 4. The first-order valence-electron chi connectivity index (χ1n) is 7.00. The molecule has 2 amide bonds. The molecule has 1 aromatic heterocycles. The van der Waals surface area contributed by atoms with Crippen LogP contribution in [0.2, 0.25) is 5.02 Å². The van der Waals surface area contributed by atoms with Crippen LogP contribution in [0.3, 0.4) is 0 Å². The third-order valence-corrected chi connectivity index (χ3v) is 5.40. The Morgan fingerprint density at radius 3 is 2.91 bits per heavy atom. The molecule has 1 fully saturated rings. The van der Waals surface area contributed by atoms with Gasteiger partial charge in [0.25, 0.3) is 11.1 Å². The first-order chi connectivity index (χ1) is 11.1. The maximum Gasteiger partial charge on any atom is 0.282 e. The van der Waals surface area contributed by atoms with Gasteiger partial charge in [0.2, 0.25) is 0 Å². The van der Waals surface area contributed by atoms with Crippen molar-refractivity contribution < 1.29 is 9.59 Å². The van der Waals surface area contributed by atoms with Crippen LogP contribution in [-0.2, 0) is 11.3 Å². The van der Waals surface area contributed by atoms with Crippen LogP contribution in [0.4, 0.5) is 4.79 Å². The molecule has 0 spiro atoms. The van der Waals surface area contributed by atoms with E-state index < -0.39 is 0 Å². The van der Waals surface area contributed by atoms with Gasteiger partial charge in [-0.1, -0.05) is 41.6 Å². The molecule has 2 aromatic rings. The van der Waals surface area contributed by atoms with Crippen LogP contribution < -0.4 is 4.80 Å². The zero-order valence-electron chi connectivity index (χ0n) is 12.1. The van der Waals surface area contributed by atoms with Crippen LogP contribution in [0.25, 0.3) is 0 Å². The summed E-state index contributed by atoms with van der Waals surface area (Å²) in [6.07, 6.45) is 1.87. The number of carbonyl (C=O) groups is 2. The number of carbonyl (C=O) groups excluding carboxylic acids is 2. The Balaban J connectivity index is 1.76. The average Bonchev–Trinajstić information content (AvgIpc) is 3.12. The van der Waals surface area contributed by atoms with Crippen molar-refractivity contribution in [2.24, 2.45) is 4.99 Å². The molecule has 1 aliphatic rings. The van der Waals surface area contributed by atoms with Gasteiger partial charge in [0.05, 0.1) is 6.54 Å². The molecule has 0 aliphatic carbocycles. The van der Waals surface area contributed by atoms with Crippen molar-refractivity contribution in [3.05, 3.63) is 51.2 Å². The van der Waals surface area contributed by atoms with E-state index in [1.165, 1.54) is 28.0 Å². The minimum absolute atomic E-state index is 0.0375. The Morgan fingerprint density at radius 2 is 2.17 bits per heavy atom. The van der Waals surface area contributed by atoms with Gasteiger partial charge in [-0.25, -0.2) is 0 Å². The van der Waals surface area contributed by atoms with Crippen LogP contribution in [0.5, 0.6) is 0 Å². The monoisotopic (exact) mass is 367 g/mol. The standard InChI is InChI=1S/C15H14ClN3O2S2/c16-12-4-2-1-3-11(12)9-18-5-7-22-14(18)17-13(20)10-19-6-8-23-15(19)21/h1-5,7H,6,8-10H2. The van der Waals surface area contributed by atoms with Crippen LogP contribution in [0.15, 0.2) is 40.8 Å². The topological polar surface area (TPSA) is 54.7 Å². The molecular formula is C15H14ClN3O2S2. The highest BCUT2D eigenvalue weighted by molar-refractivity contribution is 8.13. The molecule has 23 heavy (non-hydrogen) atoms. The quantitative estimate of drug-likeness (QED) is 0.835. The zero-order valence-corrected chi connectivity index (χ0v) is 14.5. The summed E-state index contributed by atoms with van der Waals surface area (Å²) in [7, 11) is 0. The molecule has 2 heterocycles. The number of thiazole rings is 1. The van der Waals surface area contributed by atoms with E-state index in [1.807, 2.05) is 40.4 Å². The van der Waals surface area contributed by atoms with Gasteiger partial charge in [-0.2, -0.15) is 4.99 Å². The summed E-state index contributed by atoms with van der Waals surface area (Å²) in [5, 5.41) is 2.51. The second kappa shape index (κ2) is 7.33. The highest BCUT2D eigenvalue weighted by Crippen LogP contribution is 2.17. The summed E-state index contributed by atoms with van der Waals surface area (Å²) in [5.41, 5.74) is 0.965. The number of aromatic nitrogens is 1. The number of thioether (sulfide) groups is 1. The smallest absolute Gasteiger partial charge is 0.282 e. The average molecular weight is 368 g/mol. The van der Waals surface area contributed by atoms with E-state index in [4.69, 9.17) is 11.6 Å². The lowest BCUT2D eigenvalue weighted by Crippen LogP contribution is -2.30. The Hall–Kier alpha value is -1.57. The Kier molecular flexibility index (Phi) is 5.20.